The minimum atomic E-state index is -0.502. The van der Waals surface area contributed by atoms with Gasteiger partial charge in [-0.05, 0) is 24.3 Å². The van der Waals surface area contributed by atoms with Gasteiger partial charge in [0.05, 0.1) is 0 Å². The number of hydrogen-bond donors (Lipinski definition) is 2. The first-order valence-corrected chi connectivity index (χ1v) is 8.87. The van der Waals surface area contributed by atoms with E-state index in [4.69, 9.17) is 9.47 Å². The third-order valence-electron chi connectivity index (χ3n) is 4.30. The maximum atomic E-state index is 12.3. The van der Waals surface area contributed by atoms with Crippen LogP contribution in [0, 0.1) is 0 Å². The first-order valence-electron chi connectivity index (χ1n) is 8.87. The number of carbonyl (C=O) groups is 1. The fourth-order valence-electron chi connectivity index (χ4n) is 2.85. The van der Waals surface area contributed by atoms with Crippen LogP contribution in [0.1, 0.15) is 16.8 Å². The summed E-state index contributed by atoms with van der Waals surface area (Å²) < 4.78 is 11.5. The fraction of sp³-hybridized carbons (Fsp3) is 0.200. The largest absolute Gasteiger partial charge is 0.486 e. The summed E-state index contributed by atoms with van der Waals surface area (Å²) in [6, 6.07) is 11.0. The number of aromatic amines is 1. The molecule has 0 spiro atoms. The van der Waals surface area contributed by atoms with Crippen molar-refractivity contribution in [1.29, 1.82) is 0 Å². The summed E-state index contributed by atoms with van der Waals surface area (Å²) in [5.41, 5.74) is 0.123. The lowest BCUT2D eigenvalue weighted by atomic mass is 10.2. The third-order valence-corrected chi connectivity index (χ3v) is 4.30. The first kappa shape index (κ1) is 17.7. The Balaban J connectivity index is 1.34. The van der Waals surface area contributed by atoms with Crippen LogP contribution < -0.4 is 20.3 Å². The molecule has 2 N–H and O–H groups in total. The normalized spacial score (nSPS) is 15.1. The molecule has 1 unspecified atom stereocenters. The van der Waals surface area contributed by atoms with Gasteiger partial charge in [-0.1, -0.05) is 12.1 Å². The average Bonchev–Trinajstić information content (AvgIpc) is 2.74. The number of hydrogen-bond acceptors (Lipinski definition) is 6. The zero-order chi connectivity index (χ0) is 19.3. The number of ether oxygens (including phenoxy) is 2. The zero-order valence-electron chi connectivity index (χ0n) is 14.9. The molecule has 0 bridgehead atoms. The van der Waals surface area contributed by atoms with E-state index in [2.05, 4.69) is 20.3 Å². The summed E-state index contributed by atoms with van der Waals surface area (Å²) in [6.07, 6.45) is 4.87. The van der Waals surface area contributed by atoms with Crippen molar-refractivity contribution < 1.29 is 14.3 Å². The van der Waals surface area contributed by atoms with Crippen molar-refractivity contribution >= 4 is 5.91 Å². The molecule has 142 valence electrons. The van der Waals surface area contributed by atoms with E-state index in [1.807, 2.05) is 24.3 Å². The molecule has 0 saturated carbocycles. The molecule has 0 fully saturated rings. The lowest BCUT2D eigenvalue weighted by Gasteiger charge is -2.26. The van der Waals surface area contributed by atoms with Gasteiger partial charge in [0, 0.05) is 37.1 Å². The van der Waals surface area contributed by atoms with Crippen LogP contribution in [0.3, 0.4) is 0 Å². The number of fused-ring (bicyclic) bond motifs is 1. The lowest BCUT2D eigenvalue weighted by molar-refractivity contribution is 0.0812. The molecule has 1 aliphatic rings. The summed E-state index contributed by atoms with van der Waals surface area (Å²) in [5, 5.41) is 2.72. The van der Waals surface area contributed by atoms with E-state index in [0.717, 1.165) is 0 Å². The number of carbonyl (C=O) groups excluding carboxylic acids is 1. The number of aromatic nitrogens is 3. The molecular formula is C20H18N4O4. The summed E-state index contributed by atoms with van der Waals surface area (Å²) in [4.78, 5) is 35.3. The Labute approximate surface area is 160 Å². The molecule has 28 heavy (non-hydrogen) atoms. The van der Waals surface area contributed by atoms with Crippen LogP contribution in [0.2, 0.25) is 0 Å². The second kappa shape index (κ2) is 7.91. The minimum Gasteiger partial charge on any atom is -0.486 e. The third kappa shape index (κ3) is 3.85. The Kier molecular flexibility index (Phi) is 5.01. The number of nitrogens with zero attached hydrogens (tertiary/aromatic N) is 2. The van der Waals surface area contributed by atoms with Crippen LogP contribution in [0.4, 0.5) is 0 Å². The standard InChI is InChI=1S/C20H18N4O4/c25-19(15-11-23-18(24-20(15)26)13-4-3-8-21-10-13)22-9-7-14-12-27-16-5-1-2-6-17(16)28-14/h1-6,8,10-11,14H,7,9,12H2,(H,22,25)(H,23,24,26). The van der Waals surface area contributed by atoms with E-state index in [9.17, 15) is 9.59 Å². The molecular weight excluding hydrogens is 360 g/mol. The highest BCUT2D eigenvalue weighted by molar-refractivity contribution is 5.93. The van der Waals surface area contributed by atoms with Crippen LogP contribution in [-0.4, -0.2) is 40.1 Å². The highest BCUT2D eigenvalue weighted by Gasteiger charge is 2.21. The first-order chi connectivity index (χ1) is 13.7. The fourth-order valence-corrected chi connectivity index (χ4v) is 2.85. The number of pyridine rings is 1. The molecule has 4 rings (SSSR count). The number of amides is 1. The summed E-state index contributed by atoms with van der Waals surface area (Å²) in [5.74, 6) is 1.29. The highest BCUT2D eigenvalue weighted by Crippen LogP contribution is 2.31. The van der Waals surface area contributed by atoms with Crippen molar-refractivity contribution in [3.63, 3.8) is 0 Å². The Morgan fingerprint density at radius 3 is 2.82 bits per heavy atom. The minimum absolute atomic E-state index is 0.0428. The van der Waals surface area contributed by atoms with E-state index in [1.54, 1.807) is 24.5 Å². The molecule has 3 aromatic rings. The Bertz CT molecular complexity index is 1040. The number of nitrogens with one attached hydrogen (secondary N) is 2. The van der Waals surface area contributed by atoms with Crippen LogP contribution in [0.5, 0.6) is 11.5 Å². The Morgan fingerprint density at radius 1 is 1.18 bits per heavy atom. The number of rotatable bonds is 5. The molecule has 1 aliphatic heterocycles. The van der Waals surface area contributed by atoms with E-state index >= 15 is 0 Å². The molecule has 8 heteroatoms. The molecule has 8 nitrogen and oxygen atoms in total. The van der Waals surface area contributed by atoms with Gasteiger partial charge in [-0.2, -0.15) is 0 Å². The summed E-state index contributed by atoms with van der Waals surface area (Å²) in [6.45, 7) is 0.758. The molecule has 1 atom stereocenters. The monoisotopic (exact) mass is 378 g/mol. The van der Waals surface area contributed by atoms with Crippen LogP contribution >= 0.6 is 0 Å². The highest BCUT2D eigenvalue weighted by atomic mass is 16.6. The van der Waals surface area contributed by atoms with Gasteiger partial charge in [-0.3, -0.25) is 14.6 Å². The molecule has 0 radical (unpaired) electrons. The Morgan fingerprint density at radius 2 is 2.04 bits per heavy atom. The van der Waals surface area contributed by atoms with E-state index in [1.165, 1.54) is 6.20 Å². The second-order valence-corrected chi connectivity index (χ2v) is 6.26. The van der Waals surface area contributed by atoms with Crippen LogP contribution in [-0.2, 0) is 0 Å². The van der Waals surface area contributed by atoms with Gasteiger partial charge >= 0.3 is 0 Å². The maximum Gasteiger partial charge on any atom is 0.264 e. The SMILES string of the molecule is O=C(NCCC1COc2ccccc2O1)c1cnc(-c2cccnc2)[nH]c1=O. The molecule has 1 amide bonds. The van der Waals surface area contributed by atoms with Crippen molar-refractivity contribution in [2.45, 2.75) is 12.5 Å². The zero-order valence-corrected chi connectivity index (χ0v) is 14.9. The average molecular weight is 378 g/mol. The molecule has 2 aromatic heterocycles. The maximum absolute atomic E-state index is 12.3. The van der Waals surface area contributed by atoms with Gasteiger partial charge < -0.3 is 19.8 Å². The smallest absolute Gasteiger partial charge is 0.264 e. The van der Waals surface area contributed by atoms with Gasteiger partial charge in [0.1, 0.15) is 24.1 Å². The van der Waals surface area contributed by atoms with Gasteiger partial charge in [-0.15, -0.1) is 0 Å². The second-order valence-electron chi connectivity index (χ2n) is 6.26. The van der Waals surface area contributed by atoms with Crippen molar-refractivity contribution in [3.05, 3.63) is 70.9 Å². The topological polar surface area (TPSA) is 106 Å². The van der Waals surface area contributed by atoms with Gasteiger partial charge in [-0.25, -0.2) is 4.98 Å². The van der Waals surface area contributed by atoms with Gasteiger partial charge in [0.25, 0.3) is 11.5 Å². The number of H-pyrrole nitrogens is 1. The Hall–Kier alpha value is -3.68. The van der Waals surface area contributed by atoms with E-state index in [0.29, 0.717) is 42.5 Å². The molecule has 0 aliphatic carbocycles. The van der Waals surface area contributed by atoms with Gasteiger partial charge in [0.2, 0.25) is 0 Å². The van der Waals surface area contributed by atoms with Crippen molar-refractivity contribution in [2.75, 3.05) is 13.2 Å². The van der Waals surface area contributed by atoms with E-state index < -0.39 is 11.5 Å². The molecule has 0 saturated heterocycles. The van der Waals surface area contributed by atoms with Crippen LogP contribution in [0.25, 0.3) is 11.4 Å². The van der Waals surface area contributed by atoms with Crippen molar-refractivity contribution in [2.24, 2.45) is 0 Å². The molecule has 1 aromatic carbocycles. The predicted octanol–water partition coefficient (Wildman–Crippen LogP) is 1.79. The number of para-hydroxylation sites is 2. The van der Waals surface area contributed by atoms with E-state index in [-0.39, 0.29) is 11.7 Å². The predicted molar refractivity (Wildman–Crippen MR) is 101 cm³/mol. The van der Waals surface area contributed by atoms with Gasteiger partial charge in [0.15, 0.2) is 11.5 Å². The van der Waals surface area contributed by atoms with Crippen molar-refractivity contribution in [1.82, 2.24) is 20.3 Å². The summed E-state index contributed by atoms with van der Waals surface area (Å²) >= 11 is 0. The van der Waals surface area contributed by atoms with Crippen LogP contribution in [0.15, 0.2) is 59.8 Å². The quantitative estimate of drug-likeness (QED) is 0.701. The number of benzene rings is 1. The van der Waals surface area contributed by atoms with Crippen molar-refractivity contribution in [3.8, 4) is 22.9 Å². The molecule has 3 heterocycles. The summed E-state index contributed by atoms with van der Waals surface area (Å²) in [7, 11) is 0. The lowest BCUT2D eigenvalue weighted by Crippen LogP contribution is -2.36.